The summed E-state index contributed by atoms with van der Waals surface area (Å²) in [5, 5.41) is 0. The van der Waals surface area contributed by atoms with Gasteiger partial charge in [0.2, 0.25) is 0 Å². The lowest BCUT2D eigenvalue weighted by Crippen LogP contribution is -2.61. The molecule has 1 aliphatic heterocycles. The van der Waals surface area contributed by atoms with Crippen molar-refractivity contribution in [2.75, 3.05) is 13.1 Å². The largest absolute Gasteiger partial charge is 0.329 e. The Hall–Kier alpha value is -0.0800. The molecule has 100 valence electrons. The first-order chi connectivity index (χ1) is 8.09. The van der Waals surface area contributed by atoms with Gasteiger partial charge in [-0.1, -0.05) is 26.7 Å². The Morgan fingerprint density at radius 2 is 1.94 bits per heavy atom. The third-order valence-corrected chi connectivity index (χ3v) is 5.43. The maximum Gasteiger partial charge on any atom is 0.0337 e. The van der Waals surface area contributed by atoms with Crippen LogP contribution < -0.4 is 5.73 Å². The minimum absolute atomic E-state index is 0.325. The summed E-state index contributed by atoms with van der Waals surface area (Å²) in [7, 11) is 0. The van der Waals surface area contributed by atoms with Crippen LogP contribution in [0.4, 0.5) is 0 Å². The molecule has 2 nitrogen and oxygen atoms in total. The molecule has 0 aromatic heterocycles. The van der Waals surface area contributed by atoms with Crippen molar-refractivity contribution in [2.45, 2.75) is 70.9 Å². The van der Waals surface area contributed by atoms with E-state index in [1.807, 2.05) is 0 Å². The highest BCUT2D eigenvalue weighted by Gasteiger charge is 2.43. The second-order valence-corrected chi connectivity index (χ2v) is 6.68. The standard InChI is InChI=1S/C15H30N2/c1-12-6-4-8-15(10-12,11-16)17-9-5-7-13(2)14(17)3/h12-14H,4-11,16H2,1-3H3. The van der Waals surface area contributed by atoms with Crippen molar-refractivity contribution in [3.05, 3.63) is 0 Å². The topological polar surface area (TPSA) is 29.3 Å². The molecule has 0 aromatic rings. The van der Waals surface area contributed by atoms with Crippen LogP contribution in [0.2, 0.25) is 0 Å². The monoisotopic (exact) mass is 238 g/mol. The highest BCUT2D eigenvalue weighted by molar-refractivity contribution is 4.99. The zero-order valence-electron chi connectivity index (χ0n) is 11.9. The van der Waals surface area contributed by atoms with Gasteiger partial charge in [-0.15, -0.1) is 0 Å². The summed E-state index contributed by atoms with van der Waals surface area (Å²) < 4.78 is 0. The van der Waals surface area contributed by atoms with Crippen LogP contribution in [0.15, 0.2) is 0 Å². The van der Waals surface area contributed by atoms with Crippen molar-refractivity contribution in [3.63, 3.8) is 0 Å². The number of hydrogen-bond donors (Lipinski definition) is 1. The Morgan fingerprint density at radius 1 is 1.18 bits per heavy atom. The van der Waals surface area contributed by atoms with Crippen LogP contribution in [0, 0.1) is 11.8 Å². The van der Waals surface area contributed by atoms with E-state index >= 15 is 0 Å². The fraction of sp³-hybridized carbons (Fsp3) is 1.00. The molecule has 0 bridgehead atoms. The Kier molecular flexibility index (Phi) is 4.14. The zero-order valence-corrected chi connectivity index (χ0v) is 11.9. The van der Waals surface area contributed by atoms with Crippen LogP contribution in [-0.4, -0.2) is 29.6 Å². The summed E-state index contributed by atoms with van der Waals surface area (Å²) in [6.07, 6.45) is 8.18. The van der Waals surface area contributed by atoms with Crippen molar-refractivity contribution in [3.8, 4) is 0 Å². The van der Waals surface area contributed by atoms with Gasteiger partial charge in [0.1, 0.15) is 0 Å². The molecule has 2 heteroatoms. The first-order valence-electron chi connectivity index (χ1n) is 7.56. The third kappa shape index (κ3) is 2.53. The molecule has 2 N–H and O–H groups in total. The fourth-order valence-corrected chi connectivity index (χ4v) is 4.20. The van der Waals surface area contributed by atoms with Crippen LogP contribution in [0.1, 0.15) is 59.3 Å². The molecule has 2 aliphatic rings. The molecule has 4 unspecified atom stereocenters. The van der Waals surface area contributed by atoms with E-state index in [-0.39, 0.29) is 0 Å². The molecule has 1 aliphatic carbocycles. The van der Waals surface area contributed by atoms with Crippen LogP contribution in [0.25, 0.3) is 0 Å². The average Bonchev–Trinajstić information content (AvgIpc) is 2.32. The van der Waals surface area contributed by atoms with Gasteiger partial charge in [-0.2, -0.15) is 0 Å². The SMILES string of the molecule is CC1CCCC(CN)(N2CCCC(C)C2C)C1. The quantitative estimate of drug-likeness (QED) is 0.801. The predicted octanol–water partition coefficient (Wildman–Crippen LogP) is 3.01. The first-order valence-corrected chi connectivity index (χ1v) is 7.56. The van der Waals surface area contributed by atoms with E-state index in [0.717, 1.165) is 24.4 Å². The van der Waals surface area contributed by atoms with Crippen molar-refractivity contribution in [1.29, 1.82) is 0 Å². The number of rotatable bonds is 2. The van der Waals surface area contributed by atoms with Crippen LogP contribution in [0.5, 0.6) is 0 Å². The fourth-order valence-electron chi connectivity index (χ4n) is 4.20. The van der Waals surface area contributed by atoms with Crippen LogP contribution in [-0.2, 0) is 0 Å². The average molecular weight is 238 g/mol. The van der Waals surface area contributed by atoms with Gasteiger partial charge in [-0.05, 0) is 51.0 Å². The molecule has 2 fully saturated rings. The maximum atomic E-state index is 6.20. The number of piperidine rings is 1. The first kappa shape index (κ1) is 13.4. The summed E-state index contributed by atoms with van der Waals surface area (Å²) in [4.78, 5) is 2.77. The summed E-state index contributed by atoms with van der Waals surface area (Å²) in [5.74, 6) is 1.70. The van der Waals surface area contributed by atoms with E-state index in [1.54, 1.807) is 0 Å². The van der Waals surface area contributed by atoms with Gasteiger partial charge in [0, 0.05) is 18.1 Å². The molecule has 17 heavy (non-hydrogen) atoms. The van der Waals surface area contributed by atoms with Gasteiger partial charge in [-0.25, -0.2) is 0 Å². The van der Waals surface area contributed by atoms with Gasteiger partial charge < -0.3 is 5.73 Å². The Labute approximate surface area is 107 Å². The summed E-state index contributed by atoms with van der Waals surface area (Å²) in [6.45, 7) is 9.36. The number of hydrogen-bond acceptors (Lipinski definition) is 2. The second-order valence-electron chi connectivity index (χ2n) is 6.68. The summed E-state index contributed by atoms with van der Waals surface area (Å²) in [6, 6.07) is 0.720. The van der Waals surface area contributed by atoms with Crippen LogP contribution >= 0.6 is 0 Å². The minimum atomic E-state index is 0.325. The number of nitrogens with two attached hydrogens (primary N) is 1. The van der Waals surface area contributed by atoms with Crippen molar-refractivity contribution < 1.29 is 0 Å². The maximum absolute atomic E-state index is 6.20. The third-order valence-electron chi connectivity index (χ3n) is 5.43. The highest BCUT2D eigenvalue weighted by atomic mass is 15.2. The molecule has 2 rings (SSSR count). The summed E-state index contributed by atoms with van der Waals surface area (Å²) >= 11 is 0. The minimum Gasteiger partial charge on any atom is -0.329 e. The zero-order chi connectivity index (χ0) is 12.5. The lowest BCUT2D eigenvalue weighted by Gasteiger charge is -2.53. The molecule has 1 heterocycles. The Bertz CT molecular complexity index is 253. The molecular weight excluding hydrogens is 208 g/mol. The molecule has 0 aromatic carbocycles. The predicted molar refractivity (Wildman–Crippen MR) is 74.0 cm³/mol. The molecule has 1 saturated carbocycles. The van der Waals surface area contributed by atoms with E-state index in [4.69, 9.17) is 5.73 Å². The van der Waals surface area contributed by atoms with Crippen molar-refractivity contribution >= 4 is 0 Å². The normalized spacial score (nSPS) is 44.8. The molecule has 0 amide bonds. The molecule has 4 atom stereocenters. The van der Waals surface area contributed by atoms with Gasteiger partial charge in [0.25, 0.3) is 0 Å². The lowest BCUT2D eigenvalue weighted by molar-refractivity contribution is -0.0276. The van der Waals surface area contributed by atoms with E-state index in [9.17, 15) is 0 Å². The second kappa shape index (κ2) is 5.27. The van der Waals surface area contributed by atoms with Crippen LogP contribution in [0.3, 0.4) is 0 Å². The summed E-state index contributed by atoms with van der Waals surface area (Å²) in [5.41, 5.74) is 6.52. The molecular formula is C15H30N2. The van der Waals surface area contributed by atoms with Crippen molar-refractivity contribution in [1.82, 2.24) is 4.90 Å². The highest BCUT2D eigenvalue weighted by Crippen LogP contribution is 2.40. The van der Waals surface area contributed by atoms with E-state index in [1.165, 1.54) is 45.1 Å². The Morgan fingerprint density at radius 3 is 2.59 bits per heavy atom. The van der Waals surface area contributed by atoms with Gasteiger partial charge in [0.05, 0.1) is 0 Å². The molecule has 0 radical (unpaired) electrons. The van der Waals surface area contributed by atoms with E-state index < -0.39 is 0 Å². The smallest absolute Gasteiger partial charge is 0.0337 e. The number of nitrogens with zero attached hydrogens (tertiary/aromatic N) is 1. The Balaban J connectivity index is 2.15. The molecule has 0 spiro atoms. The van der Waals surface area contributed by atoms with Gasteiger partial charge in [-0.3, -0.25) is 4.90 Å². The lowest BCUT2D eigenvalue weighted by atomic mass is 9.73. The van der Waals surface area contributed by atoms with Gasteiger partial charge in [0.15, 0.2) is 0 Å². The van der Waals surface area contributed by atoms with E-state index in [0.29, 0.717) is 5.54 Å². The van der Waals surface area contributed by atoms with Gasteiger partial charge >= 0.3 is 0 Å². The number of likely N-dealkylation sites (tertiary alicyclic amines) is 1. The van der Waals surface area contributed by atoms with Crippen molar-refractivity contribution in [2.24, 2.45) is 17.6 Å². The van der Waals surface area contributed by atoms with E-state index in [2.05, 4.69) is 25.7 Å². The molecule has 1 saturated heterocycles.